The number of hydrogen-bond donors (Lipinski definition) is 1. The van der Waals surface area contributed by atoms with E-state index in [1.54, 1.807) is 25.2 Å². The first kappa shape index (κ1) is 15.4. The van der Waals surface area contributed by atoms with Crippen molar-refractivity contribution >= 4 is 5.91 Å². The van der Waals surface area contributed by atoms with Crippen molar-refractivity contribution < 1.29 is 13.9 Å². The predicted octanol–water partition coefficient (Wildman–Crippen LogP) is 2.14. The molecule has 1 rings (SSSR count). The molecule has 0 unspecified atom stereocenters. The molecule has 1 aromatic carbocycles. The molecule has 0 aliphatic heterocycles. The van der Waals surface area contributed by atoms with Gasteiger partial charge in [0.25, 0.3) is 0 Å². The van der Waals surface area contributed by atoms with E-state index in [0.717, 1.165) is 24.8 Å². The van der Waals surface area contributed by atoms with Gasteiger partial charge in [-0.1, -0.05) is 6.07 Å². The van der Waals surface area contributed by atoms with Crippen LogP contribution in [0.15, 0.2) is 18.2 Å². The van der Waals surface area contributed by atoms with Gasteiger partial charge < -0.3 is 4.74 Å². The monoisotopic (exact) mass is 268 g/mol. The van der Waals surface area contributed by atoms with Crippen LogP contribution in [-0.4, -0.2) is 32.1 Å². The molecule has 19 heavy (non-hydrogen) atoms. The number of halogens is 1. The van der Waals surface area contributed by atoms with E-state index >= 15 is 0 Å². The Labute approximate surface area is 113 Å². The molecule has 106 valence electrons. The van der Waals surface area contributed by atoms with Crippen LogP contribution in [0.3, 0.4) is 0 Å². The Morgan fingerprint density at radius 3 is 2.68 bits per heavy atom. The number of amides is 1. The summed E-state index contributed by atoms with van der Waals surface area (Å²) < 4.78 is 18.3. The van der Waals surface area contributed by atoms with Gasteiger partial charge in [-0.05, 0) is 37.0 Å². The lowest BCUT2D eigenvalue weighted by molar-refractivity contribution is -0.124. The van der Waals surface area contributed by atoms with E-state index in [1.807, 2.05) is 6.07 Å². The number of unbranched alkanes of at least 4 members (excludes halogenated alkanes) is 1. The summed E-state index contributed by atoms with van der Waals surface area (Å²) in [4.78, 5) is 11.4. The predicted molar refractivity (Wildman–Crippen MR) is 72.3 cm³/mol. The van der Waals surface area contributed by atoms with Crippen molar-refractivity contribution in [3.05, 3.63) is 29.6 Å². The van der Waals surface area contributed by atoms with Crippen LogP contribution in [0.4, 0.5) is 4.39 Å². The Hall–Kier alpha value is -1.62. The minimum absolute atomic E-state index is 0.00547. The second kappa shape index (κ2) is 7.74. The molecule has 1 amide bonds. The summed E-state index contributed by atoms with van der Waals surface area (Å²) in [5.41, 5.74) is 3.61. The van der Waals surface area contributed by atoms with Gasteiger partial charge in [-0.25, -0.2) is 9.40 Å². The number of benzene rings is 1. The number of carbonyl (C=O) groups is 1. The topological polar surface area (TPSA) is 41.6 Å². The van der Waals surface area contributed by atoms with Crippen LogP contribution in [0, 0.1) is 5.82 Å². The zero-order valence-corrected chi connectivity index (χ0v) is 11.7. The van der Waals surface area contributed by atoms with Crippen LogP contribution < -0.4 is 10.2 Å². The smallest absolute Gasteiger partial charge is 0.234 e. The Kier molecular flexibility index (Phi) is 6.29. The molecular weight excluding hydrogens is 247 g/mol. The summed E-state index contributed by atoms with van der Waals surface area (Å²) in [6.07, 6.45) is 2.88. The molecule has 0 atom stereocenters. The molecule has 0 heterocycles. The quantitative estimate of drug-likeness (QED) is 0.608. The number of ether oxygens (including phenoxy) is 1. The summed E-state index contributed by atoms with van der Waals surface area (Å²) in [6, 6.07) is 4.96. The van der Waals surface area contributed by atoms with E-state index in [2.05, 4.69) is 5.43 Å². The summed E-state index contributed by atoms with van der Waals surface area (Å²) in [6.45, 7) is 0. The van der Waals surface area contributed by atoms with E-state index in [-0.39, 0.29) is 17.5 Å². The van der Waals surface area contributed by atoms with E-state index in [0.29, 0.717) is 6.42 Å². The number of nitrogens with one attached hydrogen (secondary N) is 1. The number of methoxy groups -OCH3 is 1. The standard InChI is InChI=1S/C14H21FN2O2/c1-17(2)16-14(18)7-5-4-6-11-8-9-13(19-3)12(15)10-11/h8-10H,4-7H2,1-3H3,(H,16,18). The molecule has 0 radical (unpaired) electrons. The largest absolute Gasteiger partial charge is 0.494 e. The molecule has 0 saturated carbocycles. The van der Waals surface area contributed by atoms with Crippen LogP contribution >= 0.6 is 0 Å². The third-order valence-electron chi connectivity index (χ3n) is 2.68. The van der Waals surface area contributed by atoms with Gasteiger partial charge in [0, 0.05) is 20.5 Å². The Balaban J connectivity index is 2.30. The normalized spacial score (nSPS) is 10.6. The fraction of sp³-hybridized carbons (Fsp3) is 0.500. The van der Waals surface area contributed by atoms with Gasteiger partial charge in [0.05, 0.1) is 7.11 Å². The average molecular weight is 268 g/mol. The molecule has 0 saturated heterocycles. The maximum Gasteiger partial charge on any atom is 0.234 e. The summed E-state index contributed by atoms with van der Waals surface area (Å²) in [5.74, 6) is -0.0784. The highest BCUT2D eigenvalue weighted by Gasteiger charge is 2.05. The summed E-state index contributed by atoms with van der Waals surface area (Å²) in [5, 5.41) is 1.63. The van der Waals surface area contributed by atoms with Crippen LogP contribution in [-0.2, 0) is 11.2 Å². The lowest BCUT2D eigenvalue weighted by Crippen LogP contribution is -2.35. The third-order valence-corrected chi connectivity index (χ3v) is 2.68. The van der Waals surface area contributed by atoms with Gasteiger partial charge in [0.15, 0.2) is 11.6 Å². The van der Waals surface area contributed by atoms with Gasteiger partial charge >= 0.3 is 0 Å². The maximum absolute atomic E-state index is 13.4. The van der Waals surface area contributed by atoms with Crippen molar-refractivity contribution in [3.63, 3.8) is 0 Å². The Morgan fingerprint density at radius 1 is 1.37 bits per heavy atom. The molecule has 0 aromatic heterocycles. The highest BCUT2D eigenvalue weighted by molar-refractivity contribution is 5.75. The van der Waals surface area contributed by atoms with Gasteiger partial charge in [0.2, 0.25) is 5.91 Å². The molecule has 0 aliphatic carbocycles. The molecular formula is C14H21FN2O2. The molecule has 0 spiro atoms. The number of hydrogen-bond acceptors (Lipinski definition) is 3. The van der Waals surface area contributed by atoms with Crippen LogP contribution in [0.1, 0.15) is 24.8 Å². The van der Waals surface area contributed by atoms with E-state index in [4.69, 9.17) is 4.74 Å². The van der Waals surface area contributed by atoms with Crippen LogP contribution in [0.2, 0.25) is 0 Å². The second-order valence-corrected chi connectivity index (χ2v) is 4.61. The molecule has 0 bridgehead atoms. The molecule has 5 heteroatoms. The molecule has 1 aromatic rings. The van der Waals surface area contributed by atoms with Crippen molar-refractivity contribution in [3.8, 4) is 5.75 Å². The SMILES string of the molecule is COc1ccc(CCCCC(=O)NN(C)C)cc1F. The number of hydrazine groups is 1. The molecule has 0 aliphatic rings. The van der Waals surface area contributed by atoms with Crippen molar-refractivity contribution in [2.75, 3.05) is 21.2 Å². The summed E-state index contributed by atoms with van der Waals surface area (Å²) in [7, 11) is 5.00. The van der Waals surface area contributed by atoms with E-state index in [1.165, 1.54) is 13.2 Å². The number of nitrogens with zero attached hydrogens (tertiary/aromatic N) is 1. The van der Waals surface area contributed by atoms with Crippen molar-refractivity contribution in [2.24, 2.45) is 0 Å². The number of carbonyl (C=O) groups excluding carboxylic acids is 1. The molecule has 4 nitrogen and oxygen atoms in total. The summed E-state index contributed by atoms with van der Waals surface area (Å²) >= 11 is 0. The highest BCUT2D eigenvalue weighted by atomic mass is 19.1. The first-order chi connectivity index (χ1) is 9.02. The minimum atomic E-state index is -0.342. The third kappa shape index (κ3) is 5.70. The lowest BCUT2D eigenvalue weighted by Gasteiger charge is -2.11. The first-order valence-electron chi connectivity index (χ1n) is 6.32. The highest BCUT2D eigenvalue weighted by Crippen LogP contribution is 2.18. The van der Waals surface area contributed by atoms with Crippen molar-refractivity contribution in [2.45, 2.75) is 25.7 Å². The van der Waals surface area contributed by atoms with Gasteiger partial charge in [-0.15, -0.1) is 0 Å². The first-order valence-corrected chi connectivity index (χ1v) is 6.32. The van der Waals surface area contributed by atoms with Crippen molar-refractivity contribution in [1.29, 1.82) is 0 Å². The van der Waals surface area contributed by atoms with Gasteiger partial charge in [0.1, 0.15) is 0 Å². The minimum Gasteiger partial charge on any atom is -0.494 e. The molecule has 1 N–H and O–H groups in total. The maximum atomic E-state index is 13.4. The Bertz CT molecular complexity index is 422. The second-order valence-electron chi connectivity index (χ2n) is 4.61. The number of aryl methyl sites for hydroxylation is 1. The van der Waals surface area contributed by atoms with Gasteiger partial charge in [-0.3, -0.25) is 10.2 Å². The van der Waals surface area contributed by atoms with Crippen molar-refractivity contribution in [1.82, 2.24) is 10.4 Å². The zero-order chi connectivity index (χ0) is 14.3. The molecule has 0 fully saturated rings. The fourth-order valence-corrected chi connectivity index (χ4v) is 1.79. The van der Waals surface area contributed by atoms with Crippen LogP contribution in [0.25, 0.3) is 0 Å². The van der Waals surface area contributed by atoms with E-state index in [9.17, 15) is 9.18 Å². The average Bonchev–Trinajstić information content (AvgIpc) is 2.34. The lowest BCUT2D eigenvalue weighted by atomic mass is 10.1. The fourth-order valence-electron chi connectivity index (χ4n) is 1.79. The Morgan fingerprint density at radius 2 is 2.11 bits per heavy atom. The number of rotatable bonds is 7. The zero-order valence-electron chi connectivity index (χ0n) is 11.7. The van der Waals surface area contributed by atoms with Crippen LogP contribution in [0.5, 0.6) is 5.75 Å². The van der Waals surface area contributed by atoms with Gasteiger partial charge in [-0.2, -0.15) is 0 Å². The van der Waals surface area contributed by atoms with E-state index < -0.39 is 0 Å².